The Labute approximate surface area is 109 Å². The molecular weight excluding hydrogens is 236 g/mol. The first kappa shape index (κ1) is 18.1. The second kappa shape index (κ2) is 12.8. The van der Waals surface area contributed by atoms with Crippen LogP contribution in [0.4, 0.5) is 0 Å². The van der Waals surface area contributed by atoms with E-state index in [-0.39, 0.29) is 6.61 Å². The van der Waals surface area contributed by atoms with Crippen molar-refractivity contribution in [1.29, 1.82) is 0 Å². The van der Waals surface area contributed by atoms with Crippen molar-refractivity contribution in [2.45, 2.75) is 27.2 Å². The summed E-state index contributed by atoms with van der Waals surface area (Å²) in [4.78, 5) is 10.5. The summed E-state index contributed by atoms with van der Waals surface area (Å²) in [5.41, 5.74) is 1.67. The highest BCUT2D eigenvalue weighted by Crippen LogP contribution is 2.05. The Hall–Kier alpha value is -1.30. The van der Waals surface area contributed by atoms with Crippen molar-refractivity contribution in [3.05, 3.63) is 35.4 Å². The van der Waals surface area contributed by atoms with E-state index in [1.165, 1.54) is 0 Å². The Morgan fingerprint density at radius 2 is 1.82 bits per heavy atom. The second-order valence-corrected chi connectivity index (χ2v) is 3.16. The Kier molecular flexibility index (Phi) is 13.6. The zero-order chi connectivity index (χ0) is 13.7. The summed E-state index contributed by atoms with van der Waals surface area (Å²) in [6.45, 7) is 6.07. The molecule has 0 saturated carbocycles. The maximum Gasteiger partial charge on any atom is 0.252 e. The Morgan fingerprint density at radius 3 is 2.06 bits per heavy atom. The van der Waals surface area contributed by atoms with Gasteiger partial charge in [0.05, 0.1) is 6.61 Å². The molecule has 3 heteroatoms. The molecule has 0 bridgehead atoms. The summed E-state index contributed by atoms with van der Waals surface area (Å²) >= 11 is 5.22. The van der Waals surface area contributed by atoms with E-state index in [4.69, 9.17) is 23.1 Å². The summed E-state index contributed by atoms with van der Waals surface area (Å²) in [5.74, 6) is 2.27. The van der Waals surface area contributed by atoms with Gasteiger partial charge in [-0.1, -0.05) is 31.5 Å². The van der Waals surface area contributed by atoms with Crippen LogP contribution in [0.1, 0.15) is 36.2 Å². The van der Waals surface area contributed by atoms with Crippen LogP contribution < -0.4 is 0 Å². The van der Waals surface area contributed by atoms with Crippen LogP contribution in [0, 0.1) is 19.3 Å². The van der Waals surface area contributed by atoms with E-state index < -0.39 is 5.24 Å². The van der Waals surface area contributed by atoms with Gasteiger partial charge < -0.3 is 5.11 Å². The van der Waals surface area contributed by atoms with Gasteiger partial charge in [0.1, 0.15) is 0 Å². The topological polar surface area (TPSA) is 37.3 Å². The van der Waals surface area contributed by atoms with Gasteiger partial charge in [-0.2, -0.15) is 0 Å². The van der Waals surface area contributed by atoms with Crippen molar-refractivity contribution < 1.29 is 9.90 Å². The molecule has 0 aromatic heterocycles. The van der Waals surface area contributed by atoms with Crippen molar-refractivity contribution in [2.75, 3.05) is 6.61 Å². The van der Waals surface area contributed by atoms with Gasteiger partial charge in [-0.25, -0.2) is 0 Å². The summed E-state index contributed by atoms with van der Waals surface area (Å²) in [7, 11) is 0. The number of halogens is 1. The molecule has 2 nitrogen and oxygen atoms in total. The van der Waals surface area contributed by atoms with Crippen molar-refractivity contribution in [3.8, 4) is 12.3 Å². The lowest BCUT2D eigenvalue weighted by atomic mass is 10.2. The molecule has 0 saturated heterocycles. The predicted molar refractivity (Wildman–Crippen MR) is 73.2 cm³/mol. The fourth-order valence-corrected chi connectivity index (χ4v) is 0.875. The van der Waals surface area contributed by atoms with E-state index in [2.05, 4.69) is 5.92 Å². The quantitative estimate of drug-likeness (QED) is 0.649. The molecule has 0 aliphatic heterocycles. The van der Waals surface area contributed by atoms with Crippen molar-refractivity contribution >= 4 is 16.8 Å². The van der Waals surface area contributed by atoms with Crippen LogP contribution >= 0.6 is 11.6 Å². The first-order valence-corrected chi connectivity index (χ1v) is 5.80. The molecule has 0 amide bonds. The van der Waals surface area contributed by atoms with E-state index in [0.29, 0.717) is 12.0 Å². The molecule has 1 N–H and O–H groups in total. The molecule has 1 aromatic rings. The van der Waals surface area contributed by atoms with Crippen LogP contribution in [0.25, 0.3) is 0 Å². The van der Waals surface area contributed by atoms with Crippen LogP contribution in [0.3, 0.4) is 0 Å². The minimum absolute atomic E-state index is 0.108. The van der Waals surface area contributed by atoms with Gasteiger partial charge >= 0.3 is 0 Å². The van der Waals surface area contributed by atoms with Crippen LogP contribution in [0.15, 0.2) is 24.3 Å². The third-order valence-corrected chi connectivity index (χ3v) is 1.75. The lowest BCUT2D eigenvalue weighted by Gasteiger charge is -1.92. The fourth-order valence-electron chi connectivity index (χ4n) is 0.749. The Morgan fingerprint density at radius 1 is 1.35 bits per heavy atom. The maximum atomic E-state index is 10.5. The number of benzene rings is 1. The van der Waals surface area contributed by atoms with E-state index >= 15 is 0 Å². The SMILES string of the molecule is C#CCCO.CC.Cc1ccc(C(=O)Cl)cc1. The molecule has 0 radical (unpaired) electrons. The molecule has 0 aliphatic carbocycles. The number of hydrogen-bond donors (Lipinski definition) is 1. The molecule has 1 rings (SSSR count). The van der Waals surface area contributed by atoms with Gasteiger partial charge in [0.25, 0.3) is 5.24 Å². The minimum atomic E-state index is -0.403. The number of rotatable bonds is 2. The minimum Gasteiger partial charge on any atom is -0.395 e. The molecular formula is C14H19ClO2. The zero-order valence-electron chi connectivity index (χ0n) is 10.5. The van der Waals surface area contributed by atoms with Gasteiger partial charge in [-0.3, -0.25) is 4.79 Å². The first-order chi connectivity index (χ1) is 8.11. The summed E-state index contributed by atoms with van der Waals surface area (Å²) in [6.07, 6.45) is 5.20. The number of carbonyl (C=O) groups excluding carboxylic acids is 1. The number of carbonyl (C=O) groups is 1. The largest absolute Gasteiger partial charge is 0.395 e. The molecule has 94 valence electrons. The number of hydrogen-bond acceptors (Lipinski definition) is 2. The molecule has 0 spiro atoms. The monoisotopic (exact) mass is 254 g/mol. The van der Waals surface area contributed by atoms with Crippen molar-refractivity contribution in [3.63, 3.8) is 0 Å². The fraction of sp³-hybridized carbons (Fsp3) is 0.357. The summed E-state index contributed by atoms with van der Waals surface area (Å²) in [6, 6.07) is 7.14. The first-order valence-electron chi connectivity index (χ1n) is 5.42. The number of aryl methyl sites for hydroxylation is 1. The lowest BCUT2D eigenvalue weighted by molar-refractivity contribution is 0.108. The second-order valence-electron chi connectivity index (χ2n) is 2.82. The Balaban J connectivity index is 0. The molecule has 0 heterocycles. The molecule has 0 fully saturated rings. The number of aliphatic hydroxyl groups is 1. The average molecular weight is 255 g/mol. The third kappa shape index (κ3) is 11.0. The molecule has 0 unspecified atom stereocenters. The Bertz CT molecular complexity index is 336. The van der Waals surface area contributed by atoms with Crippen molar-refractivity contribution in [2.24, 2.45) is 0 Å². The highest BCUT2D eigenvalue weighted by Gasteiger charge is 1.97. The van der Waals surface area contributed by atoms with Gasteiger partial charge in [-0.05, 0) is 30.7 Å². The third-order valence-electron chi connectivity index (χ3n) is 1.53. The van der Waals surface area contributed by atoms with Crippen LogP contribution in [0.5, 0.6) is 0 Å². The van der Waals surface area contributed by atoms with Gasteiger partial charge in [0, 0.05) is 12.0 Å². The highest BCUT2D eigenvalue weighted by atomic mass is 35.5. The maximum absolute atomic E-state index is 10.5. The highest BCUT2D eigenvalue weighted by molar-refractivity contribution is 6.67. The smallest absolute Gasteiger partial charge is 0.252 e. The van der Waals surface area contributed by atoms with Crippen molar-refractivity contribution in [1.82, 2.24) is 0 Å². The van der Waals surface area contributed by atoms with Gasteiger partial charge in [0.15, 0.2) is 0 Å². The lowest BCUT2D eigenvalue weighted by Crippen LogP contribution is -1.86. The summed E-state index contributed by atoms with van der Waals surface area (Å²) < 4.78 is 0. The number of terminal acetylenes is 1. The van der Waals surface area contributed by atoms with Crippen LogP contribution in [-0.4, -0.2) is 17.0 Å². The molecule has 0 aliphatic rings. The summed E-state index contributed by atoms with van der Waals surface area (Å²) in [5, 5.41) is 7.52. The zero-order valence-corrected chi connectivity index (χ0v) is 11.3. The van der Waals surface area contributed by atoms with E-state index in [0.717, 1.165) is 5.56 Å². The van der Waals surface area contributed by atoms with E-state index in [1.807, 2.05) is 32.9 Å². The van der Waals surface area contributed by atoms with E-state index in [1.54, 1.807) is 12.1 Å². The van der Waals surface area contributed by atoms with E-state index in [9.17, 15) is 4.79 Å². The predicted octanol–water partition coefficient (Wildman–Crippen LogP) is 3.40. The van der Waals surface area contributed by atoms with Gasteiger partial charge in [0.2, 0.25) is 0 Å². The van der Waals surface area contributed by atoms with Crippen LogP contribution in [-0.2, 0) is 0 Å². The van der Waals surface area contributed by atoms with Crippen LogP contribution in [0.2, 0.25) is 0 Å². The van der Waals surface area contributed by atoms with Gasteiger partial charge in [-0.15, -0.1) is 12.3 Å². The molecule has 1 aromatic carbocycles. The standard InChI is InChI=1S/C8H7ClO.C4H6O.C2H6/c1-6-2-4-7(5-3-6)8(9)10;1-2-3-4-5;1-2/h2-5H,1H3;1,5H,3-4H2;1-2H3. The normalized spacial score (nSPS) is 7.76. The molecule has 0 atom stereocenters. The number of aliphatic hydroxyl groups excluding tert-OH is 1. The molecule has 17 heavy (non-hydrogen) atoms. The average Bonchev–Trinajstić information content (AvgIpc) is 2.34.